The van der Waals surface area contributed by atoms with Crippen LogP contribution < -0.4 is 11.1 Å². The highest BCUT2D eigenvalue weighted by Gasteiger charge is 2.07. The predicted molar refractivity (Wildman–Crippen MR) is 70.2 cm³/mol. The van der Waals surface area contributed by atoms with Crippen LogP contribution in [0.15, 0.2) is 42.5 Å². The number of hydrogen-bond donors (Lipinski definition) is 2. The maximum Gasteiger partial charge on any atom is 0.255 e. The molecule has 0 bridgehead atoms. The zero-order valence-corrected chi connectivity index (χ0v) is 10.0. The quantitative estimate of drug-likeness (QED) is 0.818. The van der Waals surface area contributed by atoms with Crippen molar-refractivity contribution in [1.29, 1.82) is 0 Å². The molecule has 0 aliphatic rings. The first-order valence-electron chi connectivity index (χ1n) is 5.18. The van der Waals surface area contributed by atoms with Crippen LogP contribution in [-0.2, 0) is 0 Å². The van der Waals surface area contributed by atoms with Gasteiger partial charge in [-0.1, -0.05) is 17.7 Å². The van der Waals surface area contributed by atoms with E-state index in [2.05, 4.69) is 5.32 Å². The summed E-state index contributed by atoms with van der Waals surface area (Å²) in [5, 5.41) is 2.57. The molecule has 0 radical (unpaired) electrons. The van der Waals surface area contributed by atoms with Gasteiger partial charge in [0.1, 0.15) is 5.82 Å². The molecule has 0 saturated carbocycles. The zero-order valence-electron chi connectivity index (χ0n) is 9.28. The minimum atomic E-state index is -0.529. The lowest BCUT2D eigenvalue weighted by Gasteiger charge is -2.06. The van der Waals surface area contributed by atoms with Crippen LogP contribution in [0.5, 0.6) is 0 Å². The Hall–Kier alpha value is -2.07. The van der Waals surface area contributed by atoms with Crippen molar-refractivity contribution in [1.82, 2.24) is 0 Å². The summed E-state index contributed by atoms with van der Waals surface area (Å²) >= 11 is 5.62. The number of rotatable bonds is 2. The molecule has 0 aromatic heterocycles. The van der Waals surface area contributed by atoms with Gasteiger partial charge in [-0.05, 0) is 36.4 Å². The Morgan fingerprint density at radius 3 is 2.67 bits per heavy atom. The summed E-state index contributed by atoms with van der Waals surface area (Å²) in [6.07, 6.45) is 0. The van der Waals surface area contributed by atoms with Gasteiger partial charge >= 0.3 is 0 Å². The highest BCUT2D eigenvalue weighted by molar-refractivity contribution is 6.31. The molecule has 2 aromatic rings. The van der Waals surface area contributed by atoms with Gasteiger partial charge in [0.05, 0.1) is 5.02 Å². The molecular formula is C13H10ClFN2O. The normalized spacial score (nSPS) is 10.1. The summed E-state index contributed by atoms with van der Waals surface area (Å²) in [6, 6.07) is 10.5. The van der Waals surface area contributed by atoms with E-state index in [1.165, 1.54) is 18.2 Å². The van der Waals surface area contributed by atoms with Crippen molar-refractivity contribution in [2.45, 2.75) is 0 Å². The molecule has 2 rings (SSSR count). The molecular weight excluding hydrogens is 255 g/mol. The van der Waals surface area contributed by atoms with E-state index in [1.54, 1.807) is 24.3 Å². The Labute approximate surface area is 108 Å². The van der Waals surface area contributed by atoms with Crippen molar-refractivity contribution in [3.63, 3.8) is 0 Å². The number of anilines is 2. The van der Waals surface area contributed by atoms with Crippen LogP contribution in [0.25, 0.3) is 0 Å². The monoisotopic (exact) mass is 264 g/mol. The van der Waals surface area contributed by atoms with Gasteiger partial charge in [-0.25, -0.2) is 4.39 Å². The van der Waals surface area contributed by atoms with Crippen molar-refractivity contribution in [2.24, 2.45) is 0 Å². The van der Waals surface area contributed by atoms with Crippen LogP contribution in [-0.4, -0.2) is 5.91 Å². The lowest BCUT2D eigenvalue weighted by atomic mass is 10.2. The van der Waals surface area contributed by atoms with E-state index in [9.17, 15) is 9.18 Å². The van der Waals surface area contributed by atoms with Gasteiger partial charge in [0.2, 0.25) is 0 Å². The summed E-state index contributed by atoms with van der Waals surface area (Å²) < 4.78 is 13.0. The largest absolute Gasteiger partial charge is 0.399 e. The highest BCUT2D eigenvalue weighted by Crippen LogP contribution is 2.20. The van der Waals surface area contributed by atoms with Gasteiger partial charge in [0.15, 0.2) is 0 Å². The molecule has 0 spiro atoms. The van der Waals surface area contributed by atoms with E-state index in [1.807, 2.05) is 0 Å². The smallest absolute Gasteiger partial charge is 0.255 e. The second-order valence-corrected chi connectivity index (χ2v) is 4.12. The van der Waals surface area contributed by atoms with Crippen LogP contribution in [0, 0.1) is 5.82 Å². The van der Waals surface area contributed by atoms with E-state index in [0.29, 0.717) is 16.9 Å². The van der Waals surface area contributed by atoms with Crippen molar-refractivity contribution >= 4 is 28.9 Å². The second kappa shape index (κ2) is 5.06. The molecule has 0 aliphatic heterocycles. The van der Waals surface area contributed by atoms with Gasteiger partial charge in [-0.2, -0.15) is 0 Å². The summed E-state index contributed by atoms with van der Waals surface area (Å²) in [7, 11) is 0. The van der Waals surface area contributed by atoms with Crippen LogP contribution in [0.3, 0.4) is 0 Å². The van der Waals surface area contributed by atoms with Gasteiger partial charge in [-0.3, -0.25) is 4.79 Å². The number of amides is 1. The van der Waals surface area contributed by atoms with E-state index < -0.39 is 5.82 Å². The third-order valence-electron chi connectivity index (χ3n) is 2.33. The first-order valence-corrected chi connectivity index (χ1v) is 5.56. The number of nitrogens with one attached hydrogen (secondary N) is 1. The molecule has 0 heterocycles. The fourth-order valence-corrected chi connectivity index (χ4v) is 1.64. The fourth-order valence-electron chi connectivity index (χ4n) is 1.46. The van der Waals surface area contributed by atoms with Crippen molar-refractivity contribution < 1.29 is 9.18 Å². The number of nitrogen functional groups attached to an aromatic ring is 1. The first kappa shape index (κ1) is 12.4. The molecule has 0 fully saturated rings. The lowest BCUT2D eigenvalue weighted by molar-refractivity contribution is 0.102. The number of benzene rings is 2. The van der Waals surface area contributed by atoms with E-state index in [0.717, 1.165) is 0 Å². The SMILES string of the molecule is Nc1cccc(C(=O)Nc2ccc(F)c(Cl)c2)c1. The van der Waals surface area contributed by atoms with E-state index in [-0.39, 0.29) is 10.9 Å². The number of nitrogens with two attached hydrogens (primary N) is 1. The van der Waals surface area contributed by atoms with E-state index in [4.69, 9.17) is 17.3 Å². The Balaban J connectivity index is 2.18. The second-order valence-electron chi connectivity index (χ2n) is 3.71. The van der Waals surface area contributed by atoms with Crippen LogP contribution in [0.1, 0.15) is 10.4 Å². The molecule has 92 valence electrons. The van der Waals surface area contributed by atoms with Crippen molar-refractivity contribution in [3.8, 4) is 0 Å². The molecule has 3 nitrogen and oxygen atoms in total. The Kier molecular flexibility index (Phi) is 3.48. The average Bonchev–Trinajstić information content (AvgIpc) is 2.34. The van der Waals surface area contributed by atoms with Crippen LogP contribution in [0.2, 0.25) is 5.02 Å². The Morgan fingerprint density at radius 1 is 1.22 bits per heavy atom. The van der Waals surface area contributed by atoms with Gasteiger partial charge in [0, 0.05) is 16.9 Å². The summed E-state index contributed by atoms with van der Waals surface area (Å²) in [5.41, 5.74) is 6.93. The number of halogens is 2. The average molecular weight is 265 g/mol. The minimum absolute atomic E-state index is 0.0413. The first-order chi connectivity index (χ1) is 8.56. The molecule has 0 atom stereocenters. The Bertz CT molecular complexity index is 601. The van der Waals surface area contributed by atoms with Gasteiger partial charge in [0.25, 0.3) is 5.91 Å². The van der Waals surface area contributed by atoms with Gasteiger partial charge in [-0.15, -0.1) is 0 Å². The number of carbonyl (C=O) groups is 1. The zero-order chi connectivity index (χ0) is 13.1. The molecule has 0 saturated heterocycles. The third kappa shape index (κ3) is 2.78. The number of hydrogen-bond acceptors (Lipinski definition) is 2. The maximum atomic E-state index is 13.0. The topological polar surface area (TPSA) is 55.1 Å². The third-order valence-corrected chi connectivity index (χ3v) is 2.62. The molecule has 0 aliphatic carbocycles. The lowest BCUT2D eigenvalue weighted by Crippen LogP contribution is -2.12. The highest BCUT2D eigenvalue weighted by atomic mass is 35.5. The predicted octanol–water partition coefficient (Wildman–Crippen LogP) is 3.31. The summed E-state index contributed by atoms with van der Waals surface area (Å²) in [5.74, 6) is -0.858. The summed E-state index contributed by atoms with van der Waals surface area (Å²) in [4.78, 5) is 11.9. The van der Waals surface area contributed by atoms with Gasteiger partial charge < -0.3 is 11.1 Å². The van der Waals surface area contributed by atoms with Crippen molar-refractivity contribution in [2.75, 3.05) is 11.1 Å². The van der Waals surface area contributed by atoms with Crippen molar-refractivity contribution in [3.05, 3.63) is 58.9 Å². The molecule has 0 unspecified atom stereocenters. The van der Waals surface area contributed by atoms with E-state index >= 15 is 0 Å². The maximum absolute atomic E-state index is 13.0. The Morgan fingerprint density at radius 2 is 2.00 bits per heavy atom. The summed E-state index contributed by atoms with van der Waals surface area (Å²) in [6.45, 7) is 0. The standard InChI is InChI=1S/C13H10ClFN2O/c14-11-7-10(4-5-12(11)15)17-13(18)8-2-1-3-9(16)6-8/h1-7H,16H2,(H,17,18). The molecule has 18 heavy (non-hydrogen) atoms. The van der Waals surface area contributed by atoms with Crippen LogP contribution >= 0.6 is 11.6 Å². The van der Waals surface area contributed by atoms with Crippen LogP contribution in [0.4, 0.5) is 15.8 Å². The molecule has 2 aromatic carbocycles. The minimum Gasteiger partial charge on any atom is -0.399 e. The molecule has 1 amide bonds. The molecule has 3 N–H and O–H groups in total. The molecule has 5 heteroatoms. The fraction of sp³-hybridized carbons (Fsp3) is 0. The number of carbonyl (C=O) groups excluding carboxylic acids is 1.